The Morgan fingerprint density at radius 2 is 1.69 bits per heavy atom. The number of carbonyl (C=O) groups is 2. The van der Waals surface area contributed by atoms with Crippen molar-refractivity contribution in [1.29, 1.82) is 0 Å². The molecule has 0 aliphatic carbocycles. The van der Waals surface area contributed by atoms with Crippen molar-refractivity contribution in [3.05, 3.63) is 64.7 Å². The Balaban J connectivity index is 2.00. The lowest BCUT2D eigenvalue weighted by Crippen LogP contribution is -2.33. The molecule has 0 aromatic heterocycles. The fraction of sp³-hybridized carbons (Fsp3) is 0.222. The minimum Gasteiger partial charge on any atom is -0.460 e. The van der Waals surface area contributed by atoms with Gasteiger partial charge in [-0.1, -0.05) is 41.9 Å². The van der Waals surface area contributed by atoms with Gasteiger partial charge in [0.25, 0.3) is 0 Å². The second kappa shape index (κ2) is 8.44. The third-order valence-corrected chi connectivity index (χ3v) is 5.85. The third kappa shape index (κ3) is 4.91. The van der Waals surface area contributed by atoms with Crippen LogP contribution in [-0.2, 0) is 26.2 Å². The number of ether oxygens (including phenoxy) is 1. The Morgan fingerprint density at radius 1 is 1.08 bits per heavy atom. The van der Waals surface area contributed by atoms with E-state index in [-0.39, 0.29) is 17.3 Å². The first-order valence-electron chi connectivity index (χ1n) is 7.68. The summed E-state index contributed by atoms with van der Waals surface area (Å²) < 4.78 is 31.0. The van der Waals surface area contributed by atoms with Gasteiger partial charge < -0.3 is 4.74 Å². The van der Waals surface area contributed by atoms with Crippen molar-refractivity contribution in [1.82, 2.24) is 4.31 Å². The van der Waals surface area contributed by atoms with Crippen LogP contribution >= 0.6 is 11.6 Å². The maximum Gasteiger partial charge on any atom is 0.321 e. The highest BCUT2D eigenvalue weighted by Gasteiger charge is 2.23. The maximum atomic E-state index is 12.5. The van der Waals surface area contributed by atoms with Gasteiger partial charge in [-0.2, -0.15) is 4.31 Å². The summed E-state index contributed by atoms with van der Waals surface area (Å²) in [5.74, 6) is -0.859. The summed E-state index contributed by atoms with van der Waals surface area (Å²) in [5.41, 5.74) is 1.04. The lowest BCUT2D eigenvalue weighted by atomic mass is 10.2. The minimum absolute atomic E-state index is 0.0103. The van der Waals surface area contributed by atoms with Crippen LogP contribution in [0.25, 0.3) is 0 Å². The first kappa shape index (κ1) is 20.1. The average molecular weight is 396 g/mol. The van der Waals surface area contributed by atoms with Crippen LogP contribution in [0.15, 0.2) is 53.4 Å². The average Bonchev–Trinajstić information content (AvgIpc) is 2.61. The number of carbonyl (C=O) groups excluding carboxylic acids is 2. The summed E-state index contributed by atoms with van der Waals surface area (Å²) >= 11 is 5.98. The molecule has 0 heterocycles. The number of rotatable bonds is 7. The number of nitrogens with zero attached hydrogens (tertiary/aromatic N) is 1. The molecule has 0 saturated heterocycles. The minimum atomic E-state index is -3.87. The molecule has 6 nitrogen and oxygen atoms in total. The molecular formula is C18H18ClNO5S. The van der Waals surface area contributed by atoms with Gasteiger partial charge in [0.05, 0.1) is 4.90 Å². The molecule has 0 bridgehead atoms. The summed E-state index contributed by atoms with van der Waals surface area (Å²) in [4.78, 5) is 23.2. The molecule has 0 aliphatic heterocycles. The van der Waals surface area contributed by atoms with Crippen LogP contribution in [0.3, 0.4) is 0 Å². The molecule has 0 aliphatic rings. The summed E-state index contributed by atoms with van der Waals surface area (Å²) in [6.45, 7) is 0.908. The summed E-state index contributed by atoms with van der Waals surface area (Å²) in [6.07, 6.45) is 0. The van der Waals surface area contributed by atoms with Crippen LogP contribution in [0.5, 0.6) is 0 Å². The third-order valence-electron chi connectivity index (χ3n) is 3.67. The zero-order valence-corrected chi connectivity index (χ0v) is 15.9. The molecule has 0 spiro atoms. The van der Waals surface area contributed by atoms with Gasteiger partial charge in [0.2, 0.25) is 10.0 Å². The standard InChI is InChI=1S/C18H18ClNO5S/c1-13(21)14-7-9-16(10-8-14)26(23,24)20(2)11-18(22)25-12-15-5-3-4-6-17(15)19/h3-10H,11-12H2,1-2H3. The van der Waals surface area contributed by atoms with Crippen LogP contribution in [-0.4, -0.2) is 38.1 Å². The second-order valence-electron chi connectivity index (χ2n) is 5.59. The molecule has 2 aromatic carbocycles. The Kier molecular flexibility index (Phi) is 6.52. The van der Waals surface area contributed by atoms with Gasteiger partial charge in [0.1, 0.15) is 13.2 Å². The Hall–Kier alpha value is -2.22. The number of likely N-dealkylation sites (N-methyl/N-ethyl adjacent to an activating group) is 1. The molecule has 0 amide bonds. The highest BCUT2D eigenvalue weighted by molar-refractivity contribution is 7.89. The van der Waals surface area contributed by atoms with Gasteiger partial charge in [-0.25, -0.2) is 8.42 Å². The van der Waals surface area contributed by atoms with Crippen molar-refractivity contribution in [2.24, 2.45) is 0 Å². The molecular weight excluding hydrogens is 378 g/mol. The number of sulfonamides is 1. The summed E-state index contributed by atoms with van der Waals surface area (Å²) in [5, 5.41) is 0.465. The van der Waals surface area contributed by atoms with Crippen molar-refractivity contribution in [2.45, 2.75) is 18.4 Å². The van der Waals surface area contributed by atoms with E-state index in [2.05, 4.69) is 0 Å². The van der Waals surface area contributed by atoms with Crippen LogP contribution in [0, 0.1) is 0 Å². The summed E-state index contributed by atoms with van der Waals surface area (Å²) in [6, 6.07) is 12.4. The predicted octanol–water partition coefficient (Wildman–Crippen LogP) is 2.91. The highest BCUT2D eigenvalue weighted by Crippen LogP contribution is 2.17. The van der Waals surface area contributed by atoms with E-state index in [4.69, 9.17) is 16.3 Å². The SMILES string of the molecule is CC(=O)c1ccc(S(=O)(=O)N(C)CC(=O)OCc2ccccc2Cl)cc1. The molecule has 0 radical (unpaired) electrons. The van der Waals surface area contributed by atoms with E-state index in [0.717, 1.165) is 4.31 Å². The first-order valence-corrected chi connectivity index (χ1v) is 9.50. The fourth-order valence-electron chi connectivity index (χ4n) is 2.13. The van der Waals surface area contributed by atoms with Gasteiger partial charge >= 0.3 is 5.97 Å². The van der Waals surface area contributed by atoms with Crippen LogP contribution < -0.4 is 0 Å². The fourth-order valence-corrected chi connectivity index (χ4v) is 3.43. The molecule has 0 unspecified atom stereocenters. The molecule has 2 rings (SSSR count). The number of Topliss-reactive ketones (excluding diaryl/α,β-unsaturated/α-hetero) is 1. The lowest BCUT2D eigenvalue weighted by molar-refractivity contribution is -0.144. The van der Waals surface area contributed by atoms with Crippen molar-refractivity contribution in [3.8, 4) is 0 Å². The monoisotopic (exact) mass is 395 g/mol. The Morgan fingerprint density at radius 3 is 2.27 bits per heavy atom. The van der Waals surface area contributed by atoms with Crippen molar-refractivity contribution < 1.29 is 22.7 Å². The predicted molar refractivity (Wildman–Crippen MR) is 97.5 cm³/mol. The van der Waals surface area contributed by atoms with Crippen LogP contribution in [0.4, 0.5) is 0 Å². The van der Waals surface area contributed by atoms with E-state index in [9.17, 15) is 18.0 Å². The van der Waals surface area contributed by atoms with E-state index in [0.29, 0.717) is 16.1 Å². The number of hydrogen-bond donors (Lipinski definition) is 0. The number of halogens is 1. The molecule has 138 valence electrons. The number of esters is 1. The Bertz CT molecular complexity index is 909. The molecule has 2 aromatic rings. The van der Waals surface area contributed by atoms with E-state index in [1.54, 1.807) is 24.3 Å². The molecule has 26 heavy (non-hydrogen) atoms. The number of hydrogen-bond acceptors (Lipinski definition) is 5. The second-order valence-corrected chi connectivity index (χ2v) is 8.05. The zero-order valence-electron chi connectivity index (χ0n) is 14.3. The Labute approximate surface area is 157 Å². The lowest BCUT2D eigenvalue weighted by Gasteiger charge is -2.16. The van der Waals surface area contributed by atoms with Gasteiger partial charge in [0, 0.05) is 23.2 Å². The van der Waals surface area contributed by atoms with Gasteiger partial charge in [-0.15, -0.1) is 0 Å². The summed E-state index contributed by atoms with van der Waals surface area (Å²) in [7, 11) is -2.59. The topological polar surface area (TPSA) is 80.8 Å². The van der Waals surface area contributed by atoms with E-state index >= 15 is 0 Å². The van der Waals surface area contributed by atoms with Gasteiger partial charge in [-0.05, 0) is 25.1 Å². The molecule has 0 atom stereocenters. The van der Waals surface area contributed by atoms with Crippen molar-refractivity contribution in [2.75, 3.05) is 13.6 Å². The first-order chi connectivity index (χ1) is 12.2. The molecule has 0 saturated carbocycles. The van der Waals surface area contributed by atoms with E-state index < -0.39 is 22.5 Å². The van der Waals surface area contributed by atoms with Crippen LogP contribution in [0.1, 0.15) is 22.8 Å². The number of benzene rings is 2. The molecule has 8 heteroatoms. The zero-order chi connectivity index (χ0) is 19.3. The van der Waals surface area contributed by atoms with E-state index in [1.165, 1.54) is 38.2 Å². The van der Waals surface area contributed by atoms with E-state index in [1.807, 2.05) is 0 Å². The largest absolute Gasteiger partial charge is 0.460 e. The molecule has 0 N–H and O–H groups in total. The van der Waals surface area contributed by atoms with Crippen molar-refractivity contribution in [3.63, 3.8) is 0 Å². The van der Waals surface area contributed by atoms with Gasteiger partial charge in [-0.3, -0.25) is 9.59 Å². The normalized spacial score (nSPS) is 11.4. The quantitative estimate of drug-likeness (QED) is 0.532. The van der Waals surface area contributed by atoms with Gasteiger partial charge in [0.15, 0.2) is 5.78 Å². The van der Waals surface area contributed by atoms with Crippen LogP contribution in [0.2, 0.25) is 5.02 Å². The maximum absolute atomic E-state index is 12.5. The highest BCUT2D eigenvalue weighted by atomic mass is 35.5. The number of ketones is 1. The van der Waals surface area contributed by atoms with Crippen molar-refractivity contribution >= 4 is 33.4 Å². The molecule has 0 fully saturated rings. The smallest absolute Gasteiger partial charge is 0.321 e.